The Bertz CT molecular complexity index is 278. The maximum absolute atomic E-state index is 11.2. The SMILES string of the molecule is C=C(C)C(=O)NCCCCCCCC[N+](C)(C)CC.[Cl-]. The second-order valence-electron chi connectivity index (χ2n) is 6.13. The topological polar surface area (TPSA) is 29.1 Å². The van der Waals surface area contributed by atoms with Gasteiger partial charge in [-0.3, -0.25) is 4.79 Å². The lowest BCUT2D eigenvalue weighted by atomic mass is 10.1. The molecule has 1 amide bonds. The molecule has 0 aromatic carbocycles. The number of amides is 1. The van der Waals surface area contributed by atoms with E-state index in [0.29, 0.717) is 5.57 Å². The minimum absolute atomic E-state index is 0. The molecule has 0 aliphatic rings. The Morgan fingerprint density at radius 2 is 1.55 bits per heavy atom. The molecule has 120 valence electrons. The minimum atomic E-state index is -0.0143. The van der Waals surface area contributed by atoms with E-state index >= 15 is 0 Å². The molecule has 0 aliphatic heterocycles. The van der Waals surface area contributed by atoms with Gasteiger partial charge in [-0.25, -0.2) is 0 Å². The van der Waals surface area contributed by atoms with Crippen molar-refractivity contribution >= 4 is 5.91 Å². The molecule has 3 nitrogen and oxygen atoms in total. The Morgan fingerprint density at radius 3 is 2.05 bits per heavy atom. The molecule has 0 atom stereocenters. The molecule has 0 unspecified atom stereocenters. The van der Waals surface area contributed by atoms with Gasteiger partial charge < -0.3 is 22.2 Å². The van der Waals surface area contributed by atoms with Crippen molar-refractivity contribution in [1.82, 2.24) is 5.32 Å². The molecular formula is C16H33ClN2O. The van der Waals surface area contributed by atoms with Gasteiger partial charge in [0.25, 0.3) is 0 Å². The number of quaternary nitrogens is 1. The monoisotopic (exact) mass is 304 g/mol. The van der Waals surface area contributed by atoms with E-state index in [1.54, 1.807) is 6.92 Å². The van der Waals surface area contributed by atoms with Crippen LogP contribution in [-0.2, 0) is 4.79 Å². The zero-order valence-corrected chi connectivity index (χ0v) is 14.6. The van der Waals surface area contributed by atoms with Gasteiger partial charge in [0.2, 0.25) is 5.91 Å². The Labute approximate surface area is 131 Å². The molecule has 0 aromatic rings. The summed E-state index contributed by atoms with van der Waals surface area (Å²) in [5, 5.41) is 2.87. The molecule has 0 bridgehead atoms. The van der Waals surface area contributed by atoms with Crippen molar-refractivity contribution in [2.45, 2.75) is 52.4 Å². The summed E-state index contributed by atoms with van der Waals surface area (Å²) in [5.41, 5.74) is 0.594. The van der Waals surface area contributed by atoms with Gasteiger partial charge in [-0.1, -0.05) is 25.8 Å². The molecule has 4 heteroatoms. The summed E-state index contributed by atoms with van der Waals surface area (Å²) in [6.07, 6.45) is 7.55. The highest BCUT2D eigenvalue weighted by molar-refractivity contribution is 5.91. The number of carbonyl (C=O) groups is 1. The molecule has 0 spiro atoms. The van der Waals surface area contributed by atoms with Crippen LogP contribution in [0.15, 0.2) is 12.2 Å². The minimum Gasteiger partial charge on any atom is -1.00 e. The Balaban J connectivity index is 0. The van der Waals surface area contributed by atoms with E-state index in [-0.39, 0.29) is 18.3 Å². The fourth-order valence-corrected chi connectivity index (χ4v) is 1.88. The molecule has 0 aliphatic carbocycles. The number of rotatable bonds is 11. The summed E-state index contributed by atoms with van der Waals surface area (Å²) >= 11 is 0. The highest BCUT2D eigenvalue weighted by atomic mass is 35.5. The van der Waals surface area contributed by atoms with Crippen molar-refractivity contribution in [3.8, 4) is 0 Å². The fourth-order valence-electron chi connectivity index (χ4n) is 1.88. The van der Waals surface area contributed by atoms with Crippen molar-refractivity contribution in [1.29, 1.82) is 0 Å². The molecule has 0 fully saturated rings. The number of carbonyl (C=O) groups excluding carboxylic acids is 1. The average molecular weight is 305 g/mol. The normalized spacial score (nSPS) is 10.8. The molecule has 0 heterocycles. The second kappa shape index (κ2) is 12.2. The maximum Gasteiger partial charge on any atom is 0.246 e. The predicted molar refractivity (Wildman–Crippen MR) is 83.0 cm³/mol. The largest absolute Gasteiger partial charge is 1.00 e. The highest BCUT2D eigenvalue weighted by Gasteiger charge is 2.09. The Hall–Kier alpha value is -0.540. The van der Waals surface area contributed by atoms with Crippen LogP contribution in [0.4, 0.5) is 0 Å². The zero-order valence-electron chi connectivity index (χ0n) is 13.8. The average Bonchev–Trinajstić information content (AvgIpc) is 2.36. The van der Waals surface area contributed by atoms with Gasteiger partial charge in [-0.05, 0) is 33.1 Å². The van der Waals surface area contributed by atoms with Gasteiger partial charge in [0.05, 0.1) is 27.2 Å². The summed E-state index contributed by atoms with van der Waals surface area (Å²) in [5.74, 6) is -0.0143. The molecule has 0 aromatic heterocycles. The van der Waals surface area contributed by atoms with E-state index in [2.05, 4.69) is 32.9 Å². The number of nitrogens with one attached hydrogen (secondary N) is 1. The van der Waals surface area contributed by atoms with E-state index in [4.69, 9.17) is 0 Å². The first kappa shape index (κ1) is 21.8. The van der Waals surface area contributed by atoms with Gasteiger partial charge in [0.15, 0.2) is 0 Å². The number of hydrogen-bond donors (Lipinski definition) is 1. The third-order valence-electron chi connectivity index (χ3n) is 3.72. The smallest absolute Gasteiger partial charge is 0.246 e. The zero-order chi connectivity index (χ0) is 14.7. The molecule has 0 saturated heterocycles. The number of unbranched alkanes of at least 4 members (excludes halogenated alkanes) is 5. The lowest BCUT2D eigenvalue weighted by molar-refractivity contribution is -0.888. The predicted octanol–water partition coefficient (Wildman–Crippen LogP) is 0.120. The van der Waals surface area contributed by atoms with Crippen LogP contribution in [-0.4, -0.2) is 44.1 Å². The van der Waals surface area contributed by atoms with Crippen molar-refractivity contribution in [3.05, 3.63) is 12.2 Å². The lowest BCUT2D eigenvalue weighted by Crippen LogP contribution is -3.00. The van der Waals surface area contributed by atoms with Gasteiger partial charge in [0, 0.05) is 12.1 Å². The van der Waals surface area contributed by atoms with Crippen LogP contribution in [0.5, 0.6) is 0 Å². The van der Waals surface area contributed by atoms with Crippen LogP contribution in [0.25, 0.3) is 0 Å². The van der Waals surface area contributed by atoms with E-state index in [0.717, 1.165) is 17.4 Å². The van der Waals surface area contributed by atoms with Gasteiger partial charge in [-0.2, -0.15) is 0 Å². The van der Waals surface area contributed by atoms with Crippen LogP contribution in [0.1, 0.15) is 52.4 Å². The quantitative estimate of drug-likeness (QED) is 0.328. The lowest BCUT2D eigenvalue weighted by Gasteiger charge is -2.28. The first-order chi connectivity index (χ1) is 8.89. The van der Waals surface area contributed by atoms with Crippen LogP contribution in [0.3, 0.4) is 0 Å². The Kier molecular flexibility index (Phi) is 13.3. The number of nitrogens with zero attached hydrogens (tertiary/aromatic N) is 1. The van der Waals surface area contributed by atoms with Crippen LogP contribution >= 0.6 is 0 Å². The molecule has 20 heavy (non-hydrogen) atoms. The van der Waals surface area contributed by atoms with Crippen LogP contribution in [0.2, 0.25) is 0 Å². The standard InChI is InChI=1S/C16H32N2O.ClH/c1-6-18(4,5)14-12-10-8-7-9-11-13-17-16(19)15(2)3;/h2,6-14H2,1,3-5H3;1H. The summed E-state index contributed by atoms with van der Waals surface area (Å²) in [6.45, 7) is 10.9. The third kappa shape index (κ3) is 12.5. The number of halogens is 1. The molecular weight excluding hydrogens is 272 g/mol. The van der Waals surface area contributed by atoms with E-state index in [1.165, 1.54) is 45.2 Å². The van der Waals surface area contributed by atoms with E-state index < -0.39 is 0 Å². The number of hydrogen-bond acceptors (Lipinski definition) is 1. The van der Waals surface area contributed by atoms with Crippen molar-refractivity contribution < 1.29 is 21.7 Å². The maximum atomic E-state index is 11.2. The highest BCUT2D eigenvalue weighted by Crippen LogP contribution is 2.07. The van der Waals surface area contributed by atoms with Crippen LogP contribution < -0.4 is 17.7 Å². The molecule has 0 radical (unpaired) electrons. The molecule has 0 rings (SSSR count). The Morgan fingerprint density at radius 1 is 1.05 bits per heavy atom. The third-order valence-corrected chi connectivity index (χ3v) is 3.72. The summed E-state index contributed by atoms with van der Waals surface area (Å²) in [6, 6.07) is 0. The summed E-state index contributed by atoms with van der Waals surface area (Å²) < 4.78 is 1.13. The van der Waals surface area contributed by atoms with Crippen molar-refractivity contribution in [2.75, 3.05) is 33.7 Å². The van der Waals surface area contributed by atoms with Gasteiger partial charge in [0.1, 0.15) is 0 Å². The summed E-state index contributed by atoms with van der Waals surface area (Å²) in [4.78, 5) is 11.2. The van der Waals surface area contributed by atoms with Crippen molar-refractivity contribution in [2.24, 2.45) is 0 Å². The van der Waals surface area contributed by atoms with Crippen molar-refractivity contribution in [3.63, 3.8) is 0 Å². The fraction of sp³-hybridized carbons (Fsp3) is 0.812. The van der Waals surface area contributed by atoms with Gasteiger partial charge >= 0.3 is 0 Å². The van der Waals surface area contributed by atoms with E-state index in [1.807, 2.05) is 0 Å². The van der Waals surface area contributed by atoms with E-state index in [9.17, 15) is 4.79 Å². The van der Waals surface area contributed by atoms with Crippen LogP contribution in [0, 0.1) is 0 Å². The molecule has 1 N–H and O–H groups in total. The summed E-state index contributed by atoms with van der Waals surface area (Å²) in [7, 11) is 4.59. The van der Waals surface area contributed by atoms with Gasteiger partial charge in [-0.15, -0.1) is 0 Å². The second-order valence-corrected chi connectivity index (χ2v) is 6.13. The first-order valence-electron chi connectivity index (χ1n) is 7.65. The molecule has 0 saturated carbocycles. The first-order valence-corrected chi connectivity index (χ1v) is 7.65.